The summed E-state index contributed by atoms with van der Waals surface area (Å²) in [5, 5.41) is 0. The summed E-state index contributed by atoms with van der Waals surface area (Å²) in [6, 6.07) is 0.00778. The molecule has 0 aromatic heterocycles. The second-order valence-electron chi connectivity index (χ2n) is 7.91. The molecule has 2 aliphatic carbocycles. The second kappa shape index (κ2) is 5.82. The summed E-state index contributed by atoms with van der Waals surface area (Å²) in [4.78, 5) is 14.5. The van der Waals surface area contributed by atoms with Crippen LogP contribution in [0, 0.1) is 17.3 Å². The minimum Gasteiger partial charge on any atom is -0.342 e. The highest BCUT2D eigenvalue weighted by atomic mass is 16.2. The van der Waals surface area contributed by atoms with E-state index < -0.39 is 0 Å². The van der Waals surface area contributed by atoms with Crippen LogP contribution >= 0.6 is 0 Å². The van der Waals surface area contributed by atoms with Crippen LogP contribution in [-0.4, -0.2) is 29.9 Å². The van der Waals surface area contributed by atoms with Gasteiger partial charge in [0, 0.05) is 25.6 Å². The van der Waals surface area contributed by atoms with Gasteiger partial charge in [0.1, 0.15) is 0 Å². The molecule has 0 radical (unpaired) electrons. The Morgan fingerprint density at radius 1 is 1.16 bits per heavy atom. The standard InChI is InChI=1S/C16H30N2O/c1-16(2,3)9-14(17)8-15(19)18(10-12-4-5-12)11-13-6-7-13/h12-14H,4-11,17H2,1-3H3. The van der Waals surface area contributed by atoms with E-state index in [0.29, 0.717) is 6.42 Å². The first kappa shape index (κ1) is 14.8. The van der Waals surface area contributed by atoms with Crippen LogP contribution < -0.4 is 5.73 Å². The topological polar surface area (TPSA) is 46.3 Å². The van der Waals surface area contributed by atoms with E-state index in [-0.39, 0.29) is 17.4 Å². The first-order valence-electron chi connectivity index (χ1n) is 7.87. The van der Waals surface area contributed by atoms with E-state index in [1.54, 1.807) is 0 Å². The maximum absolute atomic E-state index is 12.4. The molecule has 0 aromatic rings. The van der Waals surface area contributed by atoms with Crippen molar-refractivity contribution in [2.75, 3.05) is 13.1 Å². The molecule has 110 valence electrons. The molecule has 19 heavy (non-hydrogen) atoms. The van der Waals surface area contributed by atoms with Crippen molar-refractivity contribution in [1.82, 2.24) is 4.90 Å². The monoisotopic (exact) mass is 266 g/mol. The van der Waals surface area contributed by atoms with Gasteiger partial charge in [-0.3, -0.25) is 4.79 Å². The van der Waals surface area contributed by atoms with Crippen molar-refractivity contribution in [2.24, 2.45) is 23.0 Å². The third-order valence-electron chi connectivity index (χ3n) is 4.02. The molecule has 2 fully saturated rings. The fourth-order valence-electron chi connectivity index (χ4n) is 2.71. The molecular weight excluding hydrogens is 236 g/mol. The van der Waals surface area contributed by atoms with Gasteiger partial charge in [0.25, 0.3) is 0 Å². The smallest absolute Gasteiger partial charge is 0.224 e. The summed E-state index contributed by atoms with van der Waals surface area (Å²) < 4.78 is 0. The maximum atomic E-state index is 12.4. The number of hydrogen-bond donors (Lipinski definition) is 1. The zero-order chi connectivity index (χ0) is 14.0. The quantitative estimate of drug-likeness (QED) is 0.770. The zero-order valence-corrected chi connectivity index (χ0v) is 12.8. The molecule has 0 bridgehead atoms. The van der Waals surface area contributed by atoms with Gasteiger partial charge in [-0.2, -0.15) is 0 Å². The van der Waals surface area contributed by atoms with Crippen LogP contribution in [-0.2, 0) is 4.79 Å². The summed E-state index contributed by atoms with van der Waals surface area (Å²) in [5.74, 6) is 1.85. The average molecular weight is 266 g/mol. The zero-order valence-electron chi connectivity index (χ0n) is 12.8. The summed E-state index contributed by atoms with van der Waals surface area (Å²) in [6.45, 7) is 8.52. The van der Waals surface area contributed by atoms with Gasteiger partial charge in [0.15, 0.2) is 0 Å². The van der Waals surface area contributed by atoms with Crippen LogP contribution in [0.3, 0.4) is 0 Å². The van der Waals surface area contributed by atoms with E-state index in [9.17, 15) is 4.79 Å². The van der Waals surface area contributed by atoms with Crippen LogP contribution in [0.4, 0.5) is 0 Å². The lowest BCUT2D eigenvalue weighted by Gasteiger charge is -2.27. The van der Waals surface area contributed by atoms with Crippen LogP contribution in [0.15, 0.2) is 0 Å². The molecule has 0 saturated heterocycles. The highest BCUT2D eigenvalue weighted by Gasteiger charge is 2.32. The number of hydrogen-bond acceptors (Lipinski definition) is 2. The van der Waals surface area contributed by atoms with Crippen molar-refractivity contribution in [3.8, 4) is 0 Å². The molecule has 1 unspecified atom stereocenters. The minimum absolute atomic E-state index is 0.00778. The number of carbonyl (C=O) groups excluding carboxylic acids is 1. The van der Waals surface area contributed by atoms with E-state index in [2.05, 4.69) is 25.7 Å². The highest BCUT2D eigenvalue weighted by Crippen LogP contribution is 2.34. The molecule has 3 nitrogen and oxygen atoms in total. The Balaban J connectivity index is 1.79. The van der Waals surface area contributed by atoms with Crippen molar-refractivity contribution in [3.05, 3.63) is 0 Å². The fraction of sp³-hybridized carbons (Fsp3) is 0.938. The van der Waals surface area contributed by atoms with Gasteiger partial charge in [-0.05, 0) is 49.4 Å². The Labute approximate surface area is 117 Å². The van der Waals surface area contributed by atoms with Gasteiger partial charge < -0.3 is 10.6 Å². The molecule has 2 N–H and O–H groups in total. The van der Waals surface area contributed by atoms with Gasteiger partial charge in [-0.25, -0.2) is 0 Å². The third kappa shape index (κ3) is 5.94. The Kier molecular flexibility index (Phi) is 4.54. The first-order valence-corrected chi connectivity index (χ1v) is 7.87. The minimum atomic E-state index is 0.00778. The van der Waals surface area contributed by atoms with E-state index in [0.717, 1.165) is 31.3 Å². The molecule has 0 aromatic carbocycles. The van der Waals surface area contributed by atoms with Crippen LogP contribution in [0.5, 0.6) is 0 Å². The molecule has 3 heteroatoms. The molecule has 1 amide bonds. The fourth-order valence-corrected chi connectivity index (χ4v) is 2.71. The molecular formula is C16H30N2O. The van der Waals surface area contributed by atoms with E-state index in [1.165, 1.54) is 25.7 Å². The number of nitrogens with two attached hydrogens (primary N) is 1. The van der Waals surface area contributed by atoms with Crippen molar-refractivity contribution >= 4 is 5.91 Å². The van der Waals surface area contributed by atoms with E-state index >= 15 is 0 Å². The second-order valence-corrected chi connectivity index (χ2v) is 7.91. The van der Waals surface area contributed by atoms with Crippen molar-refractivity contribution < 1.29 is 4.79 Å². The number of rotatable bonds is 7. The molecule has 2 rings (SSSR count). The number of nitrogens with zero attached hydrogens (tertiary/aromatic N) is 1. The molecule has 1 atom stereocenters. The first-order chi connectivity index (χ1) is 8.83. The Bertz CT molecular complexity index is 299. The highest BCUT2D eigenvalue weighted by molar-refractivity contribution is 5.77. The van der Waals surface area contributed by atoms with Crippen LogP contribution in [0.1, 0.15) is 59.3 Å². The normalized spacial score (nSPS) is 21.3. The molecule has 2 aliphatic rings. The average Bonchev–Trinajstić information content (AvgIpc) is 3.07. The largest absolute Gasteiger partial charge is 0.342 e. The van der Waals surface area contributed by atoms with Gasteiger partial charge in [-0.15, -0.1) is 0 Å². The Morgan fingerprint density at radius 3 is 2.00 bits per heavy atom. The number of amides is 1. The third-order valence-corrected chi connectivity index (χ3v) is 4.02. The van der Waals surface area contributed by atoms with E-state index in [4.69, 9.17) is 5.73 Å². The van der Waals surface area contributed by atoms with Crippen molar-refractivity contribution in [3.63, 3.8) is 0 Å². The maximum Gasteiger partial charge on any atom is 0.224 e. The van der Waals surface area contributed by atoms with Gasteiger partial charge in [0.05, 0.1) is 0 Å². The summed E-state index contributed by atoms with van der Waals surface area (Å²) in [7, 11) is 0. The number of carbonyl (C=O) groups is 1. The lowest BCUT2D eigenvalue weighted by atomic mass is 9.87. The van der Waals surface area contributed by atoms with Crippen LogP contribution in [0.2, 0.25) is 0 Å². The van der Waals surface area contributed by atoms with Crippen molar-refractivity contribution in [2.45, 2.75) is 65.3 Å². The van der Waals surface area contributed by atoms with Crippen molar-refractivity contribution in [1.29, 1.82) is 0 Å². The molecule has 0 spiro atoms. The van der Waals surface area contributed by atoms with Gasteiger partial charge in [0.2, 0.25) is 5.91 Å². The summed E-state index contributed by atoms with van der Waals surface area (Å²) in [6.07, 6.45) is 6.67. The molecule has 2 saturated carbocycles. The SMILES string of the molecule is CC(C)(C)CC(N)CC(=O)N(CC1CC1)CC1CC1. The Hall–Kier alpha value is -0.570. The lowest BCUT2D eigenvalue weighted by molar-refractivity contribution is -0.132. The van der Waals surface area contributed by atoms with Crippen LogP contribution in [0.25, 0.3) is 0 Å². The Morgan fingerprint density at radius 2 is 1.63 bits per heavy atom. The predicted molar refractivity (Wildman–Crippen MR) is 78.7 cm³/mol. The van der Waals surface area contributed by atoms with E-state index in [1.807, 2.05) is 0 Å². The molecule has 0 heterocycles. The van der Waals surface area contributed by atoms with Gasteiger partial charge in [-0.1, -0.05) is 20.8 Å². The summed E-state index contributed by atoms with van der Waals surface area (Å²) >= 11 is 0. The summed E-state index contributed by atoms with van der Waals surface area (Å²) in [5.41, 5.74) is 6.35. The predicted octanol–water partition coefficient (Wildman–Crippen LogP) is 2.79. The molecule has 0 aliphatic heterocycles. The lowest BCUT2D eigenvalue weighted by Crippen LogP contribution is -2.39. The van der Waals surface area contributed by atoms with Gasteiger partial charge >= 0.3 is 0 Å².